The fourth-order valence-corrected chi connectivity index (χ4v) is 1.50. The van der Waals surface area contributed by atoms with Gasteiger partial charge >= 0.3 is 0 Å². The van der Waals surface area contributed by atoms with Gasteiger partial charge in [-0.1, -0.05) is 38.5 Å². The molecule has 0 aromatic heterocycles. The van der Waals surface area contributed by atoms with Crippen molar-refractivity contribution in [2.24, 2.45) is 0 Å². The van der Waals surface area contributed by atoms with Crippen molar-refractivity contribution < 1.29 is 0 Å². The van der Waals surface area contributed by atoms with E-state index in [1.165, 1.54) is 24.9 Å². The summed E-state index contributed by atoms with van der Waals surface area (Å²) in [5.41, 5.74) is 0. The van der Waals surface area contributed by atoms with Gasteiger partial charge in [0.15, 0.2) is 0 Å². The highest BCUT2D eigenvalue weighted by molar-refractivity contribution is 6.35. The Labute approximate surface area is 61.2 Å². The normalized spacial score (nSPS) is 10.9. The molecule has 0 amide bonds. The minimum absolute atomic E-state index is 1.16. The Morgan fingerprint density at radius 2 is 2.00 bits per heavy atom. The molecule has 0 aliphatic rings. The Bertz CT molecular complexity index is 67.0. The molecule has 0 heterocycles. The molecule has 0 bridgehead atoms. The van der Waals surface area contributed by atoms with Gasteiger partial charge in [0.25, 0.3) is 0 Å². The van der Waals surface area contributed by atoms with Crippen LogP contribution in [-0.4, -0.2) is 9.52 Å². The van der Waals surface area contributed by atoms with Crippen LogP contribution < -0.4 is 0 Å². The minimum atomic E-state index is 1.16. The molecule has 0 aliphatic carbocycles. The van der Waals surface area contributed by atoms with Gasteiger partial charge in [-0.15, -0.1) is 0 Å². The predicted molar refractivity (Wildman–Crippen MR) is 45.1 cm³/mol. The van der Waals surface area contributed by atoms with Crippen LogP contribution >= 0.6 is 0 Å². The van der Waals surface area contributed by atoms with Crippen molar-refractivity contribution in [2.75, 3.05) is 0 Å². The van der Waals surface area contributed by atoms with E-state index in [4.69, 9.17) is 0 Å². The highest BCUT2D eigenvalue weighted by Crippen LogP contribution is 1.92. The zero-order valence-corrected chi connectivity index (χ0v) is 7.48. The van der Waals surface area contributed by atoms with Crippen molar-refractivity contribution in [2.45, 2.75) is 38.8 Å². The van der Waals surface area contributed by atoms with Gasteiger partial charge in [-0.05, 0) is 12.5 Å². The predicted octanol–water partition coefficient (Wildman–Crippen LogP) is 2.90. The maximum atomic E-state index is 2.30. The van der Waals surface area contributed by atoms with E-state index in [0.29, 0.717) is 0 Å². The third kappa shape index (κ3) is 7.96. The van der Waals surface area contributed by atoms with Crippen molar-refractivity contribution >= 4 is 9.52 Å². The van der Waals surface area contributed by atoms with Crippen LogP contribution in [0.4, 0.5) is 0 Å². The van der Waals surface area contributed by atoms with Gasteiger partial charge in [-0.25, -0.2) is 0 Å². The lowest BCUT2D eigenvalue weighted by Gasteiger charge is -1.88. The molecule has 2 radical (unpaired) electrons. The zero-order chi connectivity index (χ0) is 6.95. The van der Waals surface area contributed by atoms with E-state index in [2.05, 4.69) is 26.0 Å². The maximum absolute atomic E-state index is 2.30. The molecule has 0 saturated carbocycles. The molecule has 0 nitrogen and oxygen atoms in total. The van der Waals surface area contributed by atoms with E-state index in [9.17, 15) is 0 Å². The molecule has 0 fully saturated rings. The molecule has 9 heavy (non-hydrogen) atoms. The van der Waals surface area contributed by atoms with E-state index in [1.54, 1.807) is 0 Å². The monoisotopic (exact) mass is 140 g/mol. The molecule has 0 rings (SSSR count). The van der Waals surface area contributed by atoms with Crippen molar-refractivity contribution in [1.82, 2.24) is 0 Å². The molecule has 52 valence electrons. The van der Waals surface area contributed by atoms with Gasteiger partial charge in [0.05, 0.1) is 0 Å². The summed E-state index contributed by atoms with van der Waals surface area (Å²) < 4.78 is 0. The van der Waals surface area contributed by atoms with Crippen LogP contribution in [0.15, 0.2) is 12.2 Å². The van der Waals surface area contributed by atoms with E-state index >= 15 is 0 Å². The third-order valence-electron chi connectivity index (χ3n) is 1.09. The van der Waals surface area contributed by atoms with Crippen LogP contribution in [0.25, 0.3) is 0 Å². The summed E-state index contributed by atoms with van der Waals surface area (Å²) in [5, 5.41) is 0. The topological polar surface area (TPSA) is 0 Å². The zero-order valence-electron chi connectivity index (χ0n) is 6.48. The highest BCUT2D eigenvalue weighted by Gasteiger charge is 1.81. The van der Waals surface area contributed by atoms with Crippen LogP contribution in [0.3, 0.4) is 0 Å². The standard InChI is InChI=1S/C8H16Si/c1-3-5-6-8-9-7-4-2/h5-6H,3-4,7-8H2,1-2H3/b6-5+. The van der Waals surface area contributed by atoms with Crippen molar-refractivity contribution in [3.8, 4) is 0 Å². The molecule has 1 heteroatoms. The number of allylic oxidation sites excluding steroid dienone is 2. The van der Waals surface area contributed by atoms with Crippen LogP contribution in [0.5, 0.6) is 0 Å². The van der Waals surface area contributed by atoms with Crippen molar-refractivity contribution in [3.63, 3.8) is 0 Å². The Balaban J connectivity index is 2.82. The maximum Gasteiger partial charge on any atom is 0.0420 e. The lowest BCUT2D eigenvalue weighted by molar-refractivity contribution is 1.07. The van der Waals surface area contributed by atoms with Crippen LogP contribution in [0, 0.1) is 0 Å². The average molecular weight is 140 g/mol. The summed E-state index contributed by atoms with van der Waals surface area (Å²) in [5.74, 6) is 0. The van der Waals surface area contributed by atoms with E-state index < -0.39 is 0 Å². The highest BCUT2D eigenvalue weighted by atomic mass is 28.2. The van der Waals surface area contributed by atoms with Crippen LogP contribution in [-0.2, 0) is 0 Å². The first-order valence-electron chi connectivity index (χ1n) is 3.77. The Morgan fingerprint density at radius 1 is 1.22 bits per heavy atom. The second kappa shape index (κ2) is 7.96. The largest absolute Gasteiger partial charge is 0.0916 e. The van der Waals surface area contributed by atoms with Crippen LogP contribution in [0.1, 0.15) is 26.7 Å². The van der Waals surface area contributed by atoms with Crippen LogP contribution in [0.2, 0.25) is 12.1 Å². The second-order valence-corrected chi connectivity index (χ2v) is 3.49. The fraction of sp³-hybridized carbons (Fsp3) is 0.750. The first kappa shape index (κ1) is 8.96. The summed E-state index contributed by atoms with van der Waals surface area (Å²) in [7, 11) is 1.16. The molecular formula is C8H16Si. The number of hydrogen-bond donors (Lipinski definition) is 0. The number of hydrogen-bond acceptors (Lipinski definition) is 0. The SMILES string of the molecule is CC/C=C/C[Si]CCC. The summed E-state index contributed by atoms with van der Waals surface area (Å²) in [6.45, 7) is 4.43. The summed E-state index contributed by atoms with van der Waals surface area (Å²) in [6, 6.07) is 2.72. The summed E-state index contributed by atoms with van der Waals surface area (Å²) in [6.07, 6.45) is 7.09. The van der Waals surface area contributed by atoms with Gasteiger partial charge in [-0.2, -0.15) is 0 Å². The second-order valence-electron chi connectivity index (χ2n) is 2.08. The molecule has 0 unspecified atom stereocenters. The summed E-state index contributed by atoms with van der Waals surface area (Å²) in [4.78, 5) is 0. The minimum Gasteiger partial charge on any atom is -0.0916 e. The molecule has 0 spiro atoms. The van der Waals surface area contributed by atoms with Gasteiger partial charge in [0.1, 0.15) is 0 Å². The molecule has 0 aromatic carbocycles. The van der Waals surface area contributed by atoms with E-state index in [1.807, 2.05) is 0 Å². The summed E-state index contributed by atoms with van der Waals surface area (Å²) >= 11 is 0. The number of rotatable bonds is 5. The molecule has 0 atom stereocenters. The van der Waals surface area contributed by atoms with E-state index in [-0.39, 0.29) is 0 Å². The Kier molecular flexibility index (Phi) is 7.92. The average Bonchev–Trinajstić information content (AvgIpc) is 1.89. The van der Waals surface area contributed by atoms with Crippen molar-refractivity contribution in [1.29, 1.82) is 0 Å². The smallest absolute Gasteiger partial charge is 0.0420 e. The lowest BCUT2D eigenvalue weighted by atomic mass is 10.4. The van der Waals surface area contributed by atoms with Gasteiger partial charge in [0, 0.05) is 9.52 Å². The molecule has 0 saturated heterocycles. The first-order chi connectivity index (χ1) is 4.41. The van der Waals surface area contributed by atoms with Gasteiger partial charge < -0.3 is 0 Å². The van der Waals surface area contributed by atoms with Gasteiger partial charge in [-0.3, -0.25) is 0 Å². The van der Waals surface area contributed by atoms with Gasteiger partial charge in [0.2, 0.25) is 0 Å². The van der Waals surface area contributed by atoms with Crippen molar-refractivity contribution in [3.05, 3.63) is 12.2 Å². The molecular weight excluding hydrogens is 124 g/mol. The van der Waals surface area contributed by atoms with E-state index in [0.717, 1.165) is 9.52 Å². The quantitative estimate of drug-likeness (QED) is 0.313. The Morgan fingerprint density at radius 3 is 2.56 bits per heavy atom. The first-order valence-corrected chi connectivity index (χ1v) is 5.19. The molecule has 0 aromatic rings. The Hall–Kier alpha value is -0.0431. The lowest BCUT2D eigenvalue weighted by Crippen LogP contribution is -1.82. The molecule has 0 aliphatic heterocycles. The fourth-order valence-electron chi connectivity index (χ4n) is 0.612. The third-order valence-corrected chi connectivity index (χ3v) is 2.47. The molecule has 0 N–H and O–H groups in total.